The van der Waals surface area contributed by atoms with Gasteiger partial charge < -0.3 is 25.2 Å². The highest BCUT2D eigenvalue weighted by Gasteiger charge is 2.38. The monoisotopic (exact) mass is 712 g/mol. The number of benzene rings is 4. The maximum Gasteiger partial charge on any atom is 0.272 e. The number of carbonyl (C=O) groups is 2. The second-order valence-corrected chi connectivity index (χ2v) is 14.7. The first kappa shape index (κ1) is 35.2. The smallest absolute Gasteiger partial charge is 0.272 e. The molecule has 0 saturated carbocycles. The molecule has 5 rings (SSSR count). The van der Waals surface area contributed by atoms with Crippen LogP contribution in [0.4, 0.5) is 5.69 Å². The zero-order chi connectivity index (χ0) is 33.6. The molecule has 2 amide bonds. The molecule has 4 unspecified atom stereocenters. The molecule has 0 bridgehead atoms. The maximum absolute atomic E-state index is 12.0. The number of aliphatic hydroxyl groups excluding tert-OH is 1. The van der Waals surface area contributed by atoms with Crippen LogP contribution < -0.4 is 10.6 Å². The number of carbonyl (C=O) groups excluding carboxylic acids is 2. The predicted octanol–water partition coefficient (Wildman–Crippen LogP) is 8.37. The summed E-state index contributed by atoms with van der Waals surface area (Å²) in [5.41, 5.74) is 6.32. The van der Waals surface area contributed by atoms with Crippen LogP contribution >= 0.6 is 46.6 Å². The standard InChI is InChI=1S/C36H35Cl3N2O5S/c1-22-32(21-47-31-16-14-30(15-17-31)41-23(2)43)45-34(46-33(22)27-8-6-24(20-42)7-9-27)28-12-10-26(11-13-28)29-5-3-4-25(18-29)19-40-35(44)36(37,38)39/h3-18,22,32-34,42H,19-21H2,1-2H3,(H,40,44)(H,41,43). The Hall–Kier alpha value is -3.08. The van der Waals surface area contributed by atoms with Gasteiger partial charge in [0.05, 0.1) is 18.8 Å². The molecule has 11 heteroatoms. The van der Waals surface area contributed by atoms with Gasteiger partial charge in [0.15, 0.2) is 6.29 Å². The highest BCUT2D eigenvalue weighted by molar-refractivity contribution is 7.99. The Kier molecular flexibility index (Phi) is 11.9. The molecule has 1 heterocycles. The molecule has 246 valence electrons. The lowest BCUT2D eigenvalue weighted by Crippen LogP contribution is -2.38. The highest BCUT2D eigenvalue weighted by atomic mass is 35.6. The van der Waals surface area contributed by atoms with E-state index < -0.39 is 16.0 Å². The van der Waals surface area contributed by atoms with E-state index in [2.05, 4.69) is 17.6 Å². The van der Waals surface area contributed by atoms with Gasteiger partial charge in [0, 0.05) is 41.3 Å². The Morgan fingerprint density at radius 1 is 0.851 bits per heavy atom. The van der Waals surface area contributed by atoms with Crippen LogP contribution in [0.3, 0.4) is 0 Å². The van der Waals surface area contributed by atoms with Crippen molar-refractivity contribution in [2.45, 2.75) is 54.2 Å². The van der Waals surface area contributed by atoms with Gasteiger partial charge in [0.1, 0.15) is 0 Å². The molecule has 0 aromatic heterocycles. The van der Waals surface area contributed by atoms with E-state index in [1.165, 1.54) is 6.92 Å². The molecular formula is C36H35Cl3N2O5S. The van der Waals surface area contributed by atoms with Crippen molar-refractivity contribution in [3.8, 4) is 11.1 Å². The number of ether oxygens (including phenoxy) is 2. The second kappa shape index (κ2) is 15.9. The summed E-state index contributed by atoms with van der Waals surface area (Å²) in [5, 5.41) is 15.0. The molecule has 4 atom stereocenters. The summed E-state index contributed by atoms with van der Waals surface area (Å²) in [6, 6.07) is 31.4. The third kappa shape index (κ3) is 9.51. The van der Waals surface area contributed by atoms with E-state index in [1.54, 1.807) is 11.8 Å². The van der Waals surface area contributed by atoms with Crippen LogP contribution in [-0.2, 0) is 32.2 Å². The number of alkyl halides is 3. The van der Waals surface area contributed by atoms with Gasteiger partial charge >= 0.3 is 0 Å². The normalized spacial score (nSPS) is 19.6. The fraction of sp³-hybridized carbons (Fsp3) is 0.278. The van der Waals surface area contributed by atoms with Gasteiger partial charge in [-0.2, -0.15) is 0 Å². The molecule has 7 nitrogen and oxygen atoms in total. The van der Waals surface area contributed by atoms with E-state index in [9.17, 15) is 14.7 Å². The van der Waals surface area contributed by atoms with Crippen LogP contribution in [0.2, 0.25) is 0 Å². The van der Waals surface area contributed by atoms with E-state index in [-0.39, 0.29) is 37.2 Å². The number of thioether (sulfide) groups is 1. The average molecular weight is 714 g/mol. The summed E-state index contributed by atoms with van der Waals surface area (Å²) >= 11 is 18.7. The van der Waals surface area contributed by atoms with Crippen molar-refractivity contribution < 1.29 is 24.2 Å². The molecule has 47 heavy (non-hydrogen) atoms. The lowest BCUT2D eigenvalue weighted by molar-refractivity contribution is -0.268. The van der Waals surface area contributed by atoms with Crippen molar-refractivity contribution in [2.75, 3.05) is 11.1 Å². The first-order valence-electron chi connectivity index (χ1n) is 15.1. The number of amides is 2. The Labute approximate surface area is 293 Å². The number of anilines is 1. The van der Waals surface area contributed by atoms with Crippen molar-refractivity contribution >= 4 is 64.1 Å². The largest absolute Gasteiger partial charge is 0.392 e. The van der Waals surface area contributed by atoms with Crippen LogP contribution in [0.25, 0.3) is 11.1 Å². The quantitative estimate of drug-likeness (QED) is 0.113. The first-order chi connectivity index (χ1) is 22.5. The highest BCUT2D eigenvalue weighted by Crippen LogP contribution is 2.43. The molecule has 1 saturated heterocycles. The van der Waals surface area contributed by atoms with Crippen molar-refractivity contribution in [1.82, 2.24) is 5.32 Å². The van der Waals surface area contributed by atoms with E-state index in [0.717, 1.165) is 44.0 Å². The lowest BCUT2D eigenvalue weighted by atomic mass is 9.91. The molecule has 0 radical (unpaired) electrons. The van der Waals surface area contributed by atoms with Crippen LogP contribution in [0.5, 0.6) is 0 Å². The number of hydrogen-bond acceptors (Lipinski definition) is 6. The van der Waals surface area contributed by atoms with E-state index >= 15 is 0 Å². The third-order valence-electron chi connectivity index (χ3n) is 7.87. The summed E-state index contributed by atoms with van der Waals surface area (Å²) in [6.45, 7) is 3.83. The predicted molar refractivity (Wildman–Crippen MR) is 188 cm³/mol. The molecular weight excluding hydrogens is 679 g/mol. The summed E-state index contributed by atoms with van der Waals surface area (Å²) in [5.74, 6) is -0.0466. The van der Waals surface area contributed by atoms with Gasteiger partial charge in [-0.1, -0.05) is 108 Å². The van der Waals surface area contributed by atoms with Crippen LogP contribution in [0.15, 0.2) is 102 Å². The Morgan fingerprint density at radius 2 is 1.53 bits per heavy atom. The minimum absolute atomic E-state index is 0.0219. The number of aliphatic hydroxyl groups is 1. The average Bonchev–Trinajstić information content (AvgIpc) is 3.07. The van der Waals surface area contributed by atoms with Gasteiger partial charge in [-0.3, -0.25) is 9.59 Å². The minimum Gasteiger partial charge on any atom is -0.392 e. The zero-order valence-electron chi connectivity index (χ0n) is 25.8. The number of halogens is 3. The summed E-state index contributed by atoms with van der Waals surface area (Å²) < 4.78 is 11.2. The SMILES string of the molecule is CC(=O)Nc1ccc(SCC2OC(c3ccc(-c4cccc(CNC(=O)C(Cl)(Cl)Cl)c4)cc3)OC(c3ccc(CO)cc3)C2C)cc1. The molecule has 0 aliphatic carbocycles. The molecule has 4 aromatic carbocycles. The summed E-state index contributed by atoms with van der Waals surface area (Å²) in [4.78, 5) is 24.4. The van der Waals surface area contributed by atoms with Gasteiger partial charge in [0.2, 0.25) is 5.91 Å². The van der Waals surface area contributed by atoms with Gasteiger partial charge in [0.25, 0.3) is 9.70 Å². The van der Waals surface area contributed by atoms with Crippen molar-refractivity contribution in [3.63, 3.8) is 0 Å². The van der Waals surface area contributed by atoms with Gasteiger partial charge in [-0.15, -0.1) is 11.8 Å². The molecule has 1 fully saturated rings. The maximum atomic E-state index is 12.0. The van der Waals surface area contributed by atoms with Crippen LogP contribution in [0.1, 0.15) is 48.5 Å². The lowest BCUT2D eigenvalue weighted by Gasteiger charge is -2.41. The zero-order valence-corrected chi connectivity index (χ0v) is 28.9. The molecule has 1 aliphatic rings. The van der Waals surface area contributed by atoms with Crippen molar-refractivity contribution in [2.24, 2.45) is 5.92 Å². The topological polar surface area (TPSA) is 96.9 Å². The van der Waals surface area contributed by atoms with Gasteiger partial charge in [-0.05, 0) is 58.1 Å². The number of nitrogens with one attached hydrogen (secondary N) is 2. The Bertz CT molecular complexity index is 1660. The third-order valence-corrected chi connectivity index (χ3v) is 9.48. The van der Waals surface area contributed by atoms with E-state index in [1.807, 2.05) is 97.1 Å². The molecule has 3 N–H and O–H groups in total. The van der Waals surface area contributed by atoms with Crippen LogP contribution in [0, 0.1) is 5.92 Å². The number of hydrogen-bond donors (Lipinski definition) is 3. The van der Waals surface area contributed by atoms with E-state index in [0.29, 0.717) is 5.75 Å². The number of rotatable bonds is 10. The molecule has 0 spiro atoms. The van der Waals surface area contributed by atoms with Gasteiger partial charge in [-0.25, -0.2) is 0 Å². The second-order valence-electron chi connectivity index (χ2n) is 11.3. The Balaban J connectivity index is 1.33. The van der Waals surface area contributed by atoms with Crippen LogP contribution in [-0.4, -0.2) is 32.6 Å². The summed E-state index contributed by atoms with van der Waals surface area (Å²) in [6.07, 6.45) is -0.956. The minimum atomic E-state index is -2.02. The fourth-order valence-electron chi connectivity index (χ4n) is 5.30. The van der Waals surface area contributed by atoms with Crippen molar-refractivity contribution in [3.05, 3.63) is 119 Å². The molecule has 4 aromatic rings. The van der Waals surface area contributed by atoms with E-state index in [4.69, 9.17) is 44.3 Å². The fourth-order valence-corrected chi connectivity index (χ4v) is 6.57. The summed E-state index contributed by atoms with van der Waals surface area (Å²) in [7, 11) is 0. The van der Waals surface area contributed by atoms with Crippen molar-refractivity contribution in [1.29, 1.82) is 0 Å². The first-order valence-corrected chi connectivity index (χ1v) is 17.2. The molecule has 1 aliphatic heterocycles. The Morgan fingerprint density at radius 3 is 2.17 bits per heavy atom.